The lowest BCUT2D eigenvalue weighted by molar-refractivity contribution is -0.141. The fourth-order valence-corrected chi connectivity index (χ4v) is 2.42. The summed E-state index contributed by atoms with van der Waals surface area (Å²) >= 11 is 3.18. The third-order valence-electron chi connectivity index (χ3n) is 2.90. The maximum absolute atomic E-state index is 13.4. The number of fused-ring (bicyclic) bond motifs is 1. The Kier molecular flexibility index (Phi) is 3.05. The van der Waals surface area contributed by atoms with Crippen molar-refractivity contribution in [1.82, 2.24) is 9.38 Å². The number of alkyl halides is 3. The molecule has 20 heavy (non-hydrogen) atoms. The predicted molar refractivity (Wildman–Crippen MR) is 73.3 cm³/mol. The van der Waals surface area contributed by atoms with Crippen molar-refractivity contribution in [2.75, 3.05) is 0 Å². The fraction of sp³-hybridized carbons (Fsp3) is 0.0714. The Morgan fingerprint density at radius 2 is 1.70 bits per heavy atom. The molecule has 0 N–H and O–H groups in total. The van der Waals surface area contributed by atoms with Gasteiger partial charge in [0, 0.05) is 16.2 Å². The number of imidazole rings is 1. The van der Waals surface area contributed by atoms with Crippen LogP contribution in [0.15, 0.2) is 53.1 Å². The van der Waals surface area contributed by atoms with Gasteiger partial charge in [0.25, 0.3) is 0 Å². The largest absolute Gasteiger partial charge is 0.433 e. The molecule has 0 aliphatic rings. The number of nitrogens with zero attached hydrogens (tertiary/aromatic N) is 2. The monoisotopic (exact) mass is 340 g/mol. The average Bonchev–Trinajstić information content (AvgIpc) is 2.78. The van der Waals surface area contributed by atoms with E-state index < -0.39 is 11.9 Å². The molecule has 0 amide bonds. The standard InChI is InChI=1S/C14H8BrF3N2/c15-10-6-7-11-19-12(9-4-2-1-3-5-9)13(14(16,17)18)20(11)8-10/h1-8H. The molecule has 0 radical (unpaired) electrons. The molecule has 2 heterocycles. The van der Waals surface area contributed by atoms with E-state index in [2.05, 4.69) is 20.9 Å². The van der Waals surface area contributed by atoms with Crippen molar-refractivity contribution in [3.05, 3.63) is 58.8 Å². The first-order chi connectivity index (χ1) is 9.47. The summed E-state index contributed by atoms with van der Waals surface area (Å²) < 4.78 is 41.7. The van der Waals surface area contributed by atoms with E-state index in [-0.39, 0.29) is 11.3 Å². The molecule has 0 saturated heterocycles. The maximum Gasteiger partial charge on any atom is 0.433 e. The van der Waals surface area contributed by atoms with E-state index in [1.165, 1.54) is 6.20 Å². The number of rotatable bonds is 1. The van der Waals surface area contributed by atoms with Crippen molar-refractivity contribution < 1.29 is 13.2 Å². The van der Waals surface area contributed by atoms with Crippen LogP contribution in [-0.2, 0) is 6.18 Å². The van der Waals surface area contributed by atoms with Crippen molar-refractivity contribution in [2.45, 2.75) is 6.18 Å². The zero-order valence-corrected chi connectivity index (χ0v) is 11.6. The van der Waals surface area contributed by atoms with Gasteiger partial charge < -0.3 is 0 Å². The molecule has 3 aromatic rings. The highest BCUT2D eigenvalue weighted by atomic mass is 79.9. The number of pyridine rings is 1. The van der Waals surface area contributed by atoms with Gasteiger partial charge in [-0.25, -0.2) is 4.98 Å². The third-order valence-corrected chi connectivity index (χ3v) is 3.37. The molecule has 2 aromatic heterocycles. The van der Waals surface area contributed by atoms with Crippen LogP contribution < -0.4 is 0 Å². The van der Waals surface area contributed by atoms with E-state index in [0.29, 0.717) is 10.0 Å². The van der Waals surface area contributed by atoms with E-state index in [1.54, 1.807) is 42.5 Å². The van der Waals surface area contributed by atoms with Crippen molar-refractivity contribution >= 4 is 21.6 Å². The minimum atomic E-state index is -4.48. The summed E-state index contributed by atoms with van der Waals surface area (Å²) in [5, 5.41) is 0. The van der Waals surface area contributed by atoms with Gasteiger partial charge in [0.15, 0.2) is 5.69 Å². The second kappa shape index (κ2) is 4.63. The second-order valence-corrected chi connectivity index (χ2v) is 5.16. The summed E-state index contributed by atoms with van der Waals surface area (Å²) in [5.74, 6) is 0. The maximum atomic E-state index is 13.4. The summed E-state index contributed by atoms with van der Waals surface area (Å²) in [6.45, 7) is 0. The van der Waals surface area contributed by atoms with E-state index in [1.807, 2.05) is 0 Å². The molecule has 0 spiro atoms. The summed E-state index contributed by atoms with van der Waals surface area (Å²) in [7, 11) is 0. The lowest BCUT2D eigenvalue weighted by Gasteiger charge is -2.09. The Morgan fingerprint density at radius 1 is 1.00 bits per heavy atom. The fourth-order valence-electron chi connectivity index (χ4n) is 2.09. The van der Waals surface area contributed by atoms with Gasteiger partial charge in [-0.05, 0) is 28.1 Å². The highest BCUT2D eigenvalue weighted by Crippen LogP contribution is 2.37. The number of benzene rings is 1. The smallest absolute Gasteiger partial charge is 0.294 e. The average molecular weight is 341 g/mol. The van der Waals surface area contributed by atoms with Crippen LogP contribution >= 0.6 is 15.9 Å². The first-order valence-corrected chi connectivity index (χ1v) is 6.56. The Labute approximate surface area is 121 Å². The van der Waals surface area contributed by atoms with Crippen molar-refractivity contribution in [1.29, 1.82) is 0 Å². The predicted octanol–water partition coefficient (Wildman–Crippen LogP) is 4.78. The summed E-state index contributed by atoms with van der Waals surface area (Å²) in [6.07, 6.45) is -3.11. The third kappa shape index (κ3) is 2.20. The zero-order chi connectivity index (χ0) is 14.3. The number of hydrogen-bond acceptors (Lipinski definition) is 1. The molecular formula is C14H8BrF3N2. The van der Waals surface area contributed by atoms with Crippen molar-refractivity contribution in [3.63, 3.8) is 0 Å². The Morgan fingerprint density at radius 3 is 2.35 bits per heavy atom. The van der Waals surface area contributed by atoms with Gasteiger partial charge in [0.1, 0.15) is 11.3 Å². The van der Waals surface area contributed by atoms with E-state index in [4.69, 9.17) is 0 Å². The molecule has 0 aliphatic carbocycles. The first-order valence-electron chi connectivity index (χ1n) is 5.77. The first kappa shape index (κ1) is 13.2. The van der Waals surface area contributed by atoms with Gasteiger partial charge in [0.2, 0.25) is 0 Å². The summed E-state index contributed by atoms with van der Waals surface area (Å²) in [6, 6.07) is 11.6. The summed E-state index contributed by atoms with van der Waals surface area (Å²) in [5.41, 5.74) is -0.116. The van der Waals surface area contributed by atoms with E-state index in [9.17, 15) is 13.2 Å². The van der Waals surface area contributed by atoms with E-state index >= 15 is 0 Å². The minimum Gasteiger partial charge on any atom is -0.294 e. The Balaban J connectivity index is 2.37. The van der Waals surface area contributed by atoms with Crippen LogP contribution in [0.4, 0.5) is 13.2 Å². The van der Waals surface area contributed by atoms with Gasteiger partial charge in [-0.3, -0.25) is 4.40 Å². The van der Waals surface area contributed by atoms with Crippen molar-refractivity contribution in [2.24, 2.45) is 0 Å². The van der Waals surface area contributed by atoms with Gasteiger partial charge in [-0.1, -0.05) is 30.3 Å². The highest BCUT2D eigenvalue weighted by Gasteiger charge is 2.38. The van der Waals surface area contributed by atoms with Crippen LogP contribution in [0.2, 0.25) is 0 Å². The molecule has 0 aliphatic heterocycles. The molecule has 3 rings (SSSR count). The molecule has 0 saturated carbocycles. The topological polar surface area (TPSA) is 17.3 Å². The lowest BCUT2D eigenvalue weighted by Crippen LogP contribution is -2.10. The van der Waals surface area contributed by atoms with Crippen LogP contribution in [0.1, 0.15) is 5.69 Å². The quantitative estimate of drug-likeness (QED) is 0.623. The number of halogens is 4. The number of hydrogen-bond donors (Lipinski definition) is 0. The molecule has 2 nitrogen and oxygen atoms in total. The molecule has 1 aromatic carbocycles. The Hall–Kier alpha value is -1.82. The lowest BCUT2D eigenvalue weighted by atomic mass is 10.1. The van der Waals surface area contributed by atoms with Crippen LogP contribution in [-0.4, -0.2) is 9.38 Å². The molecule has 0 unspecified atom stereocenters. The van der Waals surface area contributed by atoms with Crippen LogP contribution in [0, 0.1) is 0 Å². The van der Waals surface area contributed by atoms with E-state index in [0.717, 1.165) is 4.40 Å². The van der Waals surface area contributed by atoms with Gasteiger partial charge in [0.05, 0.1) is 0 Å². The molecular weight excluding hydrogens is 333 g/mol. The molecule has 0 fully saturated rings. The van der Waals surface area contributed by atoms with Crippen LogP contribution in [0.3, 0.4) is 0 Å². The Bertz CT molecular complexity index is 763. The van der Waals surface area contributed by atoms with Crippen molar-refractivity contribution in [3.8, 4) is 11.3 Å². The van der Waals surface area contributed by atoms with Gasteiger partial charge in [-0.2, -0.15) is 13.2 Å². The SMILES string of the molecule is FC(F)(F)c1c(-c2ccccc2)nc2ccc(Br)cn12. The van der Waals surface area contributed by atoms with Crippen LogP contribution in [0.25, 0.3) is 16.9 Å². The summed E-state index contributed by atoms with van der Waals surface area (Å²) in [4.78, 5) is 4.11. The highest BCUT2D eigenvalue weighted by molar-refractivity contribution is 9.10. The number of aromatic nitrogens is 2. The molecule has 102 valence electrons. The van der Waals surface area contributed by atoms with Crippen LogP contribution in [0.5, 0.6) is 0 Å². The molecule has 0 atom stereocenters. The molecule has 6 heteroatoms. The molecule has 0 bridgehead atoms. The second-order valence-electron chi connectivity index (χ2n) is 4.25. The minimum absolute atomic E-state index is 0.0591. The zero-order valence-electron chi connectivity index (χ0n) is 10.0. The van der Waals surface area contributed by atoms with Gasteiger partial charge in [-0.15, -0.1) is 0 Å². The normalized spacial score (nSPS) is 12.0. The van der Waals surface area contributed by atoms with Gasteiger partial charge >= 0.3 is 6.18 Å².